The highest BCUT2D eigenvalue weighted by Gasteiger charge is 2.39. The maximum Gasteiger partial charge on any atom is 0.317 e. The fourth-order valence-electron chi connectivity index (χ4n) is 4.02. The average Bonchev–Trinajstić information content (AvgIpc) is 3.59. The molecule has 0 radical (unpaired) electrons. The first kappa shape index (κ1) is 21.3. The van der Waals surface area contributed by atoms with E-state index in [1.165, 1.54) is 0 Å². The number of hydrogen-bond acceptors (Lipinski definition) is 4. The van der Waals surface area contributed by atoms with Gasteiger partial charge in [0.25, 0.3) is 0 Å². The van der Waals surface area contributed by atoms with Gasteiger partial charge in [-0.25, -0.2) is 4.79 Å². The normalized spacial score (nSPS) is 19.2. The first-order chi connectivity index (χ1) is 14.0. The van der Waals surface area contributed by atoms with Crippen LogP contribution in [0.4, 0.5) is 4.79 Å². The zero-order valence-electron chi connectivity index (χ0n) is 17.9. The van der Waals surface area contributed by atoms with Gasteiger partial charge in [0, 0.05) is 19.0 Å². The molecule has 0 spiro atoms. The van der Waals surface area contributed by atoms with Crippen LogP contribution in [0.25, 0.3) is 0 Å². The molecule has 2 aliphatic rings. The van der Waals surface area contributed by atoms with Crippen LogP contribution in [-0.4, -0.2) is 50.2 Å². The summed E-state index contributed by atoms with van der Waals surface area (Å²) < 4.78 is 11.0. The van der Waals surface area contributed by atoms with E-state index in [4.69, 9.17) is 9.47 Å². The van der Waals surface area contributed by atoms with Crippen LogP contribution in [0, 0.1) is 5.92 Å². The number of methoxy groups -OCH3 is 2. The Kier molecular flexibility index (Phi) is 6.87. The van der Waals surface area contributed by atoms with Crippen molar-refractivity contribution in [3.63, 3.8) is 0 Å². The molecule has 160 valence electrons. The van der Waals surface area contributed by atoms with Crippen molar-refractivity contribution in [1.82, 2.24) is 15.5 Å². The molecule has 1 saturated carbocycles. The van der Waals surface area contributed by atoms with Crippen molar-refractivity contribution in [2.75, 3.05) is 27.3 Å². The van der Waals surface area contributed by atoms with Crippen molar-refractivity contribution in [2.45, 2.75) is 58.0 Å². The van der Waals surface area contributed by atoms with Gasteiger partial charge in [-0.3, -0.25) is 4.79 Å². The number of carbonyl (C=O) groups excluding carboxylic acids is 2. The van der Waals surface area contributed by atoms with Crippen LogP contribution < -0.4 is 20.1 Å². The van der Waals surface area contributed by atoms with Crippen molar-refractivity contribution in [3.8, 4) is 11.5 Å². The lowest BCUT2D eigenvalue weighted by Gasteiger charge is -2.42. The molecular weight excluding hydrogens is 370 g/mol. The number of carbonyl (C=O) groups is 2. The summed E-state index contributed by atoms with van der Waals surface area (Å²) in [6.07, 6.45) is 4.25. The second-order valence-electron chi connectivity index (χ2n) is 7.82. The molecule has 1 aromatic carbocycles. The Balaban J connectivity index is 1.98. The number of amides is 3. The van der Waals surface area contributed by atoms with E-state index in [2.05, 4.69) is 17.6 Å². The number of urea groups is 1. The first-order valence-corrected chi connectivity index (χ1v) is 10.6. The van der Waals surface area contributed by atoms with E-state index < -0.39 is 0 Å². The highest BCUT2D eigenvalue weighted by atomic mass is 16.5. The summed E-state index contributed by atoms with van der Waals surface area (Å²) in [6, 6.07) is 3.47. The van der Waals surface area contributed by atoms with Gasteiger partial charge in [0.15, 0.2) is 11.5 Å². The highest BCUT2D eigenvalue weighted by molar-refractivity contribution is 5.81. The first-order valence-electron chi connectivity index (χ1n) is 10.6. The van der Waals surface area contributed by atoms with Gasteiger partial charge in [0.2, 0.25) is 5.91 Å². The lowest BCUT2D eigenvalue weighted by atomic mass is 9.86. The van der Waals surface area contributed by atoms with Crippen molar-refractivity contribution >= 4 is 11.9 Å². The molecule has 3 rings (SSSR count). The Morgan fingerprint density at radius 3 is 2.45 bits per heavy atom. The van der Waals surface area contributed by atoms with Crippen LogP contribution >= 0.6 is 0 Å². The SMILES string of the molecule is CCCNC(=O)N1CCc2cc(OC)c(OC)cc2[C@H]1[C@@H](CC)NC(=O)C1CC1. The number of benzene rings is 1. The van der Waals surface area contributed by atoms with Crippen molar-refractivity contribution in [1.29, 1.82) is 0 Å². The number of nitrogens with zero attached hydrogens (tertiary/aromatic N) is 1. The van der Waals surface area contributed by atoms with Gasteiger partial charge in [0.05, 0.1) is 26.3 Å². The summed E-state index contributed by atoms with van der Waals surface area (Å²) in [5.74, 6) is 1.54. The smallest absolute Gasteiger partial charge is 0.317 e. The second kappa shape index (κ2) is 9.37. The summed E-state index contributed by atoms with van der Waals surface area (Å²) in [4.78, 5) is 27.3. The maximum atomic E-state index is 13.0. The number of nitrogens with one attached hydrogen (secondary N) is 2. The largest absolute Gasteiger partial charge is 0.493 e. The third kappa shape index (κ3) is 4.60. The molecule has 7 heteroatoms. The van der Waals surface area contributed by atoms with Crippen molar-refractivity contribution in [3.05, 3.63) is 23.3 Å². The summed E-state index contributed by atoms with van der Waals surface area (Å²) in [5, 5.41) is 6.21. The van der Waals surface area contributed by atoms with Gasteiger partial charge in [0.1, 0.15) is 0 Å². The maximum absolute atomic E-state index is 13.0. The van der Waals surface area contributed by atoms with Gasteiger partial charge in [-0.05, 0) is 55.4 Å². The number of fused-ring (bicyclic) bond motifs is 1. The molecule has 0 unspecified atom stereocenters. The molecule has 1 aliphatic heterocycles. The number of rotatable bonds is 8. The topological polar surface area (TPSA) is 79.9 Å². The Bertz CT molecular complexity index is 748. The summed E-state index contributed by atoms with van der Waals surface area (Å²) in [5.41, 5.74) is 2.15. The molecular formula is C22H33N3O4. The van der Waals surface area contributed by atoms with Gasteiger partial charge in [-0.1, -0.05) is 13.8 Å². The molecule has 7 nitrogen and oxygen atoms in total. The summed E-state index contributed by atoms with van der Waals surface area (Å²) in [7, 11) is 3.24. The molecule has 1 heterocycles. The quantitative estimate of drug-likeness (QED) is 0.699. The van der Waals surface area contributed by atoms with Crippen LogP contribution in [0.5, 0.6) is 11.5 Å². The third-order valence-corrected chi connectivity index (χ3v) is 5.81. The predicted molar refractivity (Wildman–Crippen MR) is 111 cm³/mol. The molecule has 0 bridgehead atoms. The second-order valence-corrected chi connectivity index (χ2v) is 7.82. The minimum atomic E-state index is -0.247. The summed E-state index contributed by atoms with van der Waals surface area (Å²) in [6.45, 7) is 5.31. The van der Waals surface area contributed by atoms with Crippen LogP contribution in [0.15, 0.2) is 12.1 Å². The predicted octanol–water partition coefficient (Wildman–Crippen LogP) is 3.03. The minimum absolute atomic E-state index is 0.0867. The molecule has 29 heavy (non-hydrogen) atoms. The summed E-state index contributed by atoms with van der Waals surface area (Å²) >= 11 is 0. The zero-order chi connectivity index (χ0) is 21.0. The lowest BCUT2D eigenvalue weighted by Crippen LogP contribution is -2.53. The monoisotopic (exact) mass is 403 g/mol. The lowest BCUT2D eigenvalue weighted by molar-refractivity contribution is -0.123. The van der Waals surface area contributed by atoms with Crippen molar-refractivity contribution in [2.24, 2.45) is 5.92 Å². The van der Waals surface area contributed by atoms with E-state index in [0.717, 1.165) is 43.2 Å². The van der Waals surface area contributed by atoms with E-state index in [0.29, 0.717) is 24.6 Å². The number of hydrogen-bond donors (Lipinski definition) is 2. The van der Waals surface area contributed by atoms with Gasteiger partial charge in [-0.2, -0.15) is 0 Å². The van der Waals surface area contributed by atoms with Crippen LogP contribution in [0.3, 0.4) is 0 Å². The van der Waals surface area contributed by atoms with E-state index >= 15 is 0 Å². The molecule has 3 amide bonds. The molecule has 2 N–H and O–H groups in total. The Labute approximate surface area is 173 Å². The fourth-order valence-corrected chi connectivity index (χ4v) is 4.02. The number of ether oxygens (including phenoxy) is 2. The van der Waals surface area contributed by atoms with E-state index in [-0.39, 0.29) is 29.9 Å². The standard InChI is InChI=1S/C22H33N3O4/c1-5-10-23-22(27)25-11-9-15-12-18(28-3)19(29-4)13-16(15)20(25)17(6-2)24-21(26)14-7-8-14/h12-14,17,20H,5-11H2,1-4H3,(H,23,27)(H,24,26)/t17-,20+/m1/s1. The Morgan fingerprint density at radius 2 is 1.86 bits per heavy atom. The van der Waals surface area contributed by atoms with Gasteiger partial charge >= 0.3 is 6.03 Å². The zero-order valence-corrected chi connectivity index (χ0v) is 17.9. The highest BCUT2D eigenvalue weighted by Crippen LogP contribution is 2.40. The molecule has 1 aliphatic carbocycles. The molecule has 0 aromatic heterocycles. The van der Waals surface area contributed by atoms with Gasteiger partial charge in [-0.15, -0.1) is 0 Å². The minimum Gasteiger partial charge on any atom is -0.493 e. The van der Waals surface area contributed by atoms with Crippen LogP contribution in [0.2, 0.25) is 0 Å². The van der Waals surface area contributed by atoms with Crippen molar-refractivity contribution < 1.29 is 19.1 Å². The third-order valence-electron chi connectivity index (χ3n) is 5.81. The molecule has 2 atom stereocenters. The molecule has 1 fully saturated rings. The van der Waals surface area contributed by atoms with E-state index in [1.54, 1.807) is 14.2 Å². The van der Waals surface area contributed by atoms with Crippen LogP contribution in [-0.2, 0) is 11.2 Å². The Morgan fingerprint density at radius 1 is 1.17 bits per heavy atom. The molecule has 0 saturated heterocycles. The average molecular weight is 404 g/mol. The Hall–Kier alpha value is -2.44. The van der Waals surface area contributed by atoms with Gasteiger partial charge < -0.3 is 25.0 Å². The van der Waals surface area contributed by atoms with E-state index in [1.807, 2.05) is 24.0 Å². The van der Waals surface area contributed by atoms with Crippen LogP contribution in [0.1, 0.15) is 56.7 Å². The molecule has 1 aromatic rings. The fraction of sp³-hybridized carbons (Fsp3) is 0.636. The van der Waals surface area contributed by atoms with E-state index in [9.17, 15) is 9.59 Å².